The highest BCUT2D eigenvalue weighted by atomic mass is 19.4. The Hall–Kier alpha value is -3.69. The normalized spacial score (nSPS) is 16.0. The first-order chi connectivity index (χ1) is 17.9. The standard InChI is InChI=1S/C22H23F6N7O3/c1-12(33-16-9-32-34-18(36)17(16)22(26,27)28)10-37-11-15-8-29-19(38-15)13-2-4-35(5-3-13)20-30-6-14(7-31-20)21(23,24)25/h6-9,12-13H,2-5,10-11H2,1H3,(H2,33,34,36). The van der Waals surface area contributed by atoms with E-state index >= 15 is 0 Å². The molecule has 2 N–H and O–H groups in total. The zero-order chi connectivity index (χ0) is 27.5. The molecule has 1 atom stereocenters. The van der Waals surface area contributed by atoms with Crippen molar-refractivity contribution >= 4 is 11.6 Å². The smallest absolute Gasteiger partial charge is 0.423 e. The second kappa shape index (κ2) is 11.0. The molecule has 1 aliphatic heterocycles. The number of aromatic amines is 1. The van der Waals surface area contributed by atoms with Crippen LogP contribution in [0.5, 0.6) is 0 Å². The van der Waals surface area contributed by atoms with E-state index < -0.39 is 40.8 Å². The van der Waals surface area contributed by atoms with E-state index in [9.17, 15) is 31.1 Å². The molecule has 16 heteroatoms. The van der Waals surface area contributed by atoms with Crippen LogP contribution < -0.4 is 15.8 Å². The Labute approximate surface area is 211 Å². The van der Waals surface area contributed by atoms with Gasteiger partial charge in [-0.2, -0.15) is 31.4 Å². The molecular weight excluding hydrogens is 524 g/mol. The molecule has 10 nitrogen and oxygen atoms in total. The Morgan fingerprint density at radius 1 is 1.08 bits per heavy atom. The number of rotatable bonds is 8. The van der Waals surface area contributed by atoms with Crippen LogP contribution in [0.3, 0.4) is 0 Å². The maximum atomic E-state index is 13.2. The number of aromatic nitrogens is 5. The highest BCUT2D eigenvalue weighted by Crippen LogP contribution is 2.32. The maximum absolute atomic E-state index is 13.2. The number of hydrogen-bond donors (Lipinski definition) is 2. The summed E-state index contributed by atoms with van der Waals surface area (Å²) < 4.78 is 88.9. The molecule has 3 aromatic heterocycles. The van der Waals surface area contributed by atoms with E-state index in [-0.39, 0.29) is 25.1 Å². The van der Waals surface area contributed by atoms with E-state index in [0.717, 1.165) is 18.6 Å². The number of oxazole rings is 1. The van der Waals surface area contributed by atoms with Gasteiger partial charge < -0.3 is 19.4 Å². The number of nitrogens with zero attached hydrogens (tertiary/aromatic N) is 5. The lowest BCUT2D eigenvalue weighted by Gasteiger charge is -2.30. The third-order valence-electron chi connectivity index (χ3n) is 5.82. The second-order valence-electron chi connectivity index (χ2n) is 8.74. The van der Waals surface area contributed by atoms with Gasteiger partial charge in [-0.25, -0.2) is 20.1 Å². The van der Waals surface area contributed by atoms with Crippen LogP contribution in [0, 0.1) is 0 Å². The van der Waals surface area contributed by atoms with Crippen molar-refractivity contribution in [2.24, 2.45) is 0 Å². The van der Waals surface area contributed by atoms with Gasteiger partial charge in [-0.15, -0.1) is 0 Å². The summed E-state index contributed by atoms with van der Waals surface area (Å²) in [5.41, 5.74) is -4.07. The van der Waals surface area contributed by atoms with E-state index in [1.54, 1.807) is 16.9 Å². The monoisotopic (exact) mass is 547 g/mol. The molecule has 1 fully saturated rings. The minimum Gasteiger partial charge on any atom is -0.443 e. The van der Waals surface area contributed by atoms with E-state index in [1.165, 1.54) is 6.20 Å². The molecule has 0 spiro atoms. The van der Waals surface area contributed by atoms with Gasteiger partial charge in [0.15, 0.2) is 5.89 Å². The van der Waals surface area contributed by atoms with Crippen molar-refractivity contribution in [3.63, 3.8) is 0 Å². The number of H-pyrrole nitrogens is 1. The predicted octanol–water partition coefficient (Wildman–Crippen LogP) is 3.99. The van der Waals surface area contributed by atoms with E-state index in [2.05, 4.69) is 25.4 Å². The van der Waals surface area contributed by atoms with Crippen molar-refractivity contribution < 1.29 is 35.5 Å². The Bertz CT molecular complexity index is 1270. The van der Waals surface area contributed by atoms with E-state index in [4.69, 9.17) is 9.15 Å². The maximum Gasteiger partial charge on any atom is 0.423 e. The average Bonchev–Trinajstić information content (AvgIpc) is 3.32. The molecular formula is C22H23F6N7O3. The lowest BCUT2D eigenvalue weighted by molar-refractivity contribution is -0.139. The van der Waals surface area contributed by atoms with Crippen molar-refractivity contribution in [1.29, 1.82) is 0 Å². The molecule has 206 valence electrons. The number of anilines is 2. The number of ether oxygens (including phenoxy) is 1. The number of alkyl halides is 6. The fourth-order valence-electron chi connectivity index (χ4n) is 3.97. The van der Waals surface area contributed by atoms with Crippen LogP contribution >= 0.6 is 0 Å². The minimum absolute atomic E-state index is 0.00560. The summed E-state index contributed by atoms with van der Waals surface area (Å²) in [5.74, 6) is 1.13. The summed E-state index contributed by atoms with van der Waals surface area (Å²) in [6.07, 6.45) is -4.19. The summed E-state index contributed by atoms with van der Waals surface area (Å²) in [7, 11) is 0. The SMILES string of the molecule is CC(COCc1cnc(C2CCN(c3ncc(C(F)(F)F)cn3)CC2)o1)Nc1cn[nH]c(=O)c1C(F)(F)F. The first kappa shape index (κ1) is 27.3. The van der Waals surface area contributed by atoms with Crippen molar-refractivity contribution in [2.45, 2.75) is 50.7 Å². The third-order valence-corrected chi connectivity index (χ3v) is 5.82. The van der Waals surface area contributed by atoms with Crippen LogP contribution in [0.25, 0.3) is 0 Å². The quantitative estimate of drug-likeness (QED) is 0.403. The lowest BCUT2D eigenvalue weighted by Crippen LogP contribution is -2.34. The molecule has 0 radical (unpaired) electrons. The molecule has 0 bridgehead atoms. The Balaban J connectivity index is 1.25. The first-order valence-electron chi connectivity index (χ1n) is 11.5. The molecule has 1 aliphatic rings. The van der Waals surface area contributed by atoms with Crippen LogP contribution in [0.2, 0.25) is 0 Å². The molecule has 4 heterocycles. The van der Waals surface area contributed by atoms with Gasteiger partial charge in [0.2, 0.25) is 5.95 Å². The van der Waals surface area contributed by atoms with Crippen LogP contribution in [-0.2, 0) is 23.7 Å². The van der Waals surface area contributed by atoms with E-state index in [1.807, 2.05) is 0 Å². The summed E-state index contributed by atoms with van der Waals surface area (Å²) >= 11 is 0. The van der Waals surface area contributed by atoms with Gasteiger partial charge in [-0.1, -0.05) is 0 Å². The van der Waals surface area contributed by atoms with Gasteiger partial charge in [-0.05, 0) is 19.8 Å². The van der Waals surface area contributed by atoms with Crippen LogP contribution in [-0.4, -0.2) is 50.9 Å². The Morgan fingerprint density at radius 3 is 2.39 bits per heavy atom. The van der Waals surface area contributed by atoms with Gasteiger partial charge >= 0.3 is 12.4 Å². The zero-order valence-corrected chi connectivity index (χ0v) is 19.9. The predicted molar refractivity (Wildman–Crippen MR) is 120 cm³/mol. The Kier molecular flexibility index (Phi) is 7.89. The van der Waals surface area contributed by atoms with Gasteiger partial charge in [0, 0.05) is 37.4 Å². The fourth-order valence-corrected chi connectivity index (χ4v) is 3.97. The lowest BCUT2D eigenvalue weighted by atomic mass is 9.97. The zero-order valence-electron chi connectivity index (χ0n) is 19.9. The molecule has 0 saturated carbocycles. The largest absolute Gasteiger partial charge is 0.443 e. The van der Waals surface area contributed by atoms with Gasteiger partial charge in [0.05, 0.1) is 30.3 Å². The molecule has 0 amide bonds. The summed E-state index contributed by atoms with van der Waals surface area (Å²) in [6, 6.07) is -0.584. The summed E-state index contributed by atoms with van der Waals surface area (Å²) in [6.45, 7) is 2.62. The molecule has 1 unspecified atom stereocenters. The number of piperidine rings is 1. The molecule has 0 aliphatic carbocycles. The highest BCUT2D eigenvalue weighted by molar-refractivity contribution is 5.50. The number of nitrogens with one attached hydrogen (secondary N) is 2. The van der Waals surface area contributed by atoms with Crippen molar-refractivity contribution in [3.05, 3.63) is 57.9 Å². The number of hydrogen-bond acceptors (Lipinski definition) is 9. The second-order valence-corrected chi connectivity index (χ2v) is 8.74. The number of halogens is 6. The van der Waals surface area contributed by atoms with Gasteiger partial charge in [0.1, 0.15) is 17.9 Å². The molecule has 4 rings (SSSR count). The topological polar surface area (TPSA) is 122 Å². The van der Waals surface area contributed by atoms with E-state index in [0.29, 0.717) is 37.6 Å². The van der Waals surface area contributed by atoms with Crippen LogP contribution in [0.4, 0.5) is 38.0 Å². The van der Waals surface area contributed by atoms with Crippen molar-refractivity contribution in [2.75, 3.05) is 29.9 Å². The van der Waals surface area contributed by atoms with Crippen molar-refractivity contribution in [1.82, 2.24) is 25.1 Å². The first-order valence-corrected chi connectivity index (χ1v) is 11.5. The molecule has 3 aromatic rings. The van der Waals surface area contributed by atoms with Gasteiger partial charge in [0.25, 0.3) is 5.56 Å². The Morgan fingerprint density at radius 2 is 1.76 bits per heavy atom. The van der Waals surface area contributed by atoms with Crippen molar-refractivity contribution in [3.8, 4) is 0 Å². The van der Waals surface area contributed by atoms with Crippen LogP contribution in [0.1, 0.15) is 48.5 Å². The molecule has 1 saturated heterocycles. The molecule has 0 aromatic carbocycles. The van der Waals surface area contributed by atoms with Crippen LogP contribution in [0.15, 0.2) is 34.0 Å². The molecule has 38 heavy (non-hydrogen) atoms. The fraction of sp³-hybridized carbons (Fsp3) is 0.500. The summed E-state index contributed by atoms with van der Waals surface area (Å²) in [5, 5.41) is 7.76. The average molecular weight is 547 g/mol. The highest BCUT2D eigenvalue weighted by Gasteiger charge is 2.37. The third kappa shape index (κ3) is 6.59. The minimum atomic E-state index is -4.85. The summed E-state index contributed by atoms with van der Waals surface area (Å²) in [4.78, 5) is 25.3. The van der Waals surface area contributed by atoms with Gasteiger partial charge in [-0.3, -0.25) is 4.79 Å².